The molecular formula is C20H32O2. The molecule has 0 aromatic carbocycles. The Bertz CT molecular complexity index is 508. The van der Waals surface area contributed by atoms with Crippen molar-refractivity contribution in [3.05, 3.63) is 12.7 Å². The molecule has 3 aliphatic carbocycles. The number of fused-ring (bicyclic) bond motifs is 3. The van der Waals surface area contributed by atoms with Gasteiger partial charge in [-0.3, -0.25) is 4.79 Å². The minimum atomic E-state index is -1.13. The van der Waals surface area contributed by atoms with Gasteiger partial charge in [0.1, 0.15) is 5.60 Å². The summed E-state index contributed by atoms with van der Waals surface area (Å²) < 4.78 is 0. The first kappa shape index (κ1) is 16.2. The lowest BCUT2D eigenvalue weighted by Crippen LogP contribution is -2.65. The fourth-order valence-corrected chi connectivity index (χ4v) is 6.34. The van der Waals surface area contributed by atoms with Crippen LogP contribution in [0.3, 0.4) is 0 Å². The summed E-state index contributed by atoms with van der Waals surface area (Å²) in [4.78, 5) is 13.0. The summed E-state index contributed by atoms with van der Waals surface area (Å²) in [5, 5.41) is 11.4. The average molecular weight is 304 g/mol. The van der Waals surface area contributed by atoms with Crippen LogP contribution in [-0.2, 0) is 4.79 Å². The van der Waals surface area contributed by atoms with Crippen LogP contribution in [0.15, 0.2) is 12.7 Å². The van der Waals surface area contributed by atoms with E-state index in [0.29, 0.717) is 18.8 Å². The molecular weight excluding hydrogens is 272 g/mol. The molecule has 2 heteroatoms. The van der Waals surface area contributed by atoms with Crippen molar-refractivity contribution in [1.29, 1.82) is 0 Å². The first-order valence-electron chi connectivity index (χ1n) is 8.97. The van der Waals surface area contributed by atoms with Gasteiger partial charge in [-0.1, -0.05) is 40.2 Å². The predicted octanol–water partition coefficient (Wildman–Crippen LogP) is 4.52. The van der Waals surface area contributed by atoms with Gasteiger partial charge in [0.25, 0.3) is 0 Å². The molecule has 0 aromatic rings. The highest BCUT2D eigenvalue weighted by Crippen LogP contribution is 2.65. The molecule has 124 valence electrons. The number of carbonyl (C=O) groups is 1. The Labute approximate surface area is 135 Å². The molecule has 3 rings (SSSR count). The molecule has 0 radical (unpaired) electrons. The highest BCUT2D eigenvalue weighted by atomic mass is 16.3. The van der Waals surface area contributed by atoms with Crippen molar-refractivity contribution in [3.8, 4) is 0 Å². The molecule has 0 unspecified atom stereocenters. The van der Waals surface area contributed by atoms with Crippen LogP contribution in [0.4, 0.5) is 0 Å². The highest BCUT2D eigenvalue weighted by Gasteiger charge is 2.65. The molecule has 0 heterocycles. The van der Waals surface area contributed by atoms with Gasteiger partial charge in [0.15, 0.2) is 5.78 Å². The van der Waals surface area contributed by atoms with Crippen LogP contribution in [0, 0.1) is 28.1 Å². The average Bonchev–Trinajstić information content (AvgIpc) is 2.41. The highest BCUT2D eigenvalue weighted by molar-refractivity contribution is 5.89. The smallest absolute Gasteiger partial charge is 0.164 e. The molecule has 0 bridgehead atoms. The molecule has 3 aliphatic rings. The minimum Gasteiger partial charge on any atom is -0.382 e. The monoisotopic (exact) mass is 304 g/mol. The summed E-state index contributed by atoms with van der Waals surface area (Å²) in [7, 11) is 0. The summed E-state index contributed by atoms with van der Waals surface area (Å²) >= 11 is 0. The molecule has 0 aliphatic heterocycles. The second kappa shape index (κ2) is 4.69. The maximum Gasteiger partial charge on any atom is 0.164 e. The molecule has 5 atom stereocenters. The van der Waals surface area contributed by atoms with E-state index in [9.17, 15) is 9.90 Å². The van der Waals surface area contributed by atoms with Crippen LogP contribution in [0.5, 0.6) is 0 Å². The summed E-state index contributed by atoms with van der Waals surface area (Å²) in [5.74, 6) is 0.640. The Morgan fingerprint density at radius 2 is 1.82 bits per heavy atom. The Balaban J connectivity index is 2.03. The number of aliphatic hydroxyl groups is 1. The van der Waals surface area contributed by atoms with Crippen molar-refractivity contribution in [2.24, 2.45) is 28.1 Å². The van der Waals surface area contributed by atoms with E-state index in [1.54, 1.807) is 0 Å². The van der Waals surface area contributed by atoms with Crippen LogP contribution in [0.25, 0.3) is 0 Å². The molecule has 0 spiro atoms. The van der Waals surface area contributed by atoms with Gasteiger partial charge in [0.2, 0.25) is 0 Å². The molecule has 3 fully saturated rings. The Morgan fingerprint density at radius 3 is 2.45 bits per heavy atom. The molecule has 2 nitrogen and oxygen atoms in total. The van der Waals surface area contributed by atoms with Gasteiger partial charge >= 0.3 is 0 Å². The van der Waals surface area contributed by atoms with Crippen molar-refractivity contribution in [2.75, 3.05) is 0 Å². The van der Waals surface area contributed by atoms with E-state index >= 15 is 0 Å². The standard InChI is InChI=1S/C20H32O2/c1-6-18(4)11-8-14-19(5)10-7-9-17(2,3)15(19)12-16(21)20(14,22)13-18/h6,14-15,22H,1,7-13H2,2-5H3/t14-,15+,18+,19-,20-/m1/s1. The molecule has 0 saturated heterocycles. The van der Waals surface area contributed by atoms with Gasteiger partial charge in [-0.25, -0.2) is 0 Å². The third-order valence-electron chi connectivity index (χ3n) is 7.69. The van der Waals surface area contributed by atoms with E-state index in [1.165, 1.54) is 12.8 Å². The third kappa shape index (κ3) is 2.06. The van der Waals surface area contributed by atoms with E-state index in [1.807, 2.05) is 6.08 Å². The van der Waals surface area contributed by atoms with Gasteiger partial charge < -0.3 is 5.11 Å². The zero-order chi connectivity index (χ0) is 16.4. The van der Waals surface area contributed by atoms with Gasteiger partial charge in [-0.15, -0.1) is 6.58 Å². The van der Waals surface area contributed by atoms with Crippen molar-refractivity contribution in [1.82, 2.24) is 0 Å². The summed E-state index contributed by atoms with van der Waals surface area (Å²) in [6, 6.07) is 0. The molecule has 0 amide bonds. The van der Waals surface area contributed by atoms with Crippen LogP contribution < -0.4 is 0 Å². The summed E-state index contributed by atoms with van der Waals surface area (Å²) in [6.45, 7) is 13.1. The van der Waals surface area contributed by atoms with Gasteiger partial charge in [0.05, 0.1) is 0 Å². The zero-order valence-corrected chi connectivity index (χ0v) is 14.7. The van der Waals surface area contributed by atoms with Crippen LogP contribution in [0.1, 0.15) is 72.6 Å². The Hall–Kier alpha value is -0.630. The zero-order valence-electron chi connectivity index (χ0n) is 14.7. The SMILES string of the molecule is C=C[C@@]1(C)CC[C@@H]2[C@@]3(C)CCCC(C)(C)[C@@H]3CC(=O)[C@@]2(O)C1. The Kier molecular flexibility index (Phi) is 3.46. The topological polar surface area (TPSA) is 37.3 Å². The second-order valence-corrected chi connectivity index (χ2v) is 9.58. The van der Waals surface area contributed by atoms with Crippen molar-refractivity contribution < 1.29 is 9.90 Å². The summed E-state index contributed by atoms with van der Waals surface area (Å²) in [5.41, 5.74) is -0.912. The number of ketones is 1. The van der Waals surface area contributed by atoms with E-state index < -0.39 is 5.60 Å². The van der Waals surface area contributed by atoms with E-state index in [0.717, 1.165) is 19.3 Å². The van der Waals surface area contributed by atoms with E-state index in [2.05, 4.69) is 34.3 Å². The first-order valence-corrected chi connectivity index (χ1v) is 8.97. The minimum absolute atomic E-state index is 0.0997. The maximum absolute atomic E-state index is 13.0. The third-order valence-corrected chi connectivity index (χ3v) is 7.69. The lowest BCUT2D eigenvalue weighted by Gasteiger charge is -2.63. The number of allylic oxidation sites excluding steroid dienone is 1. The maximum atomic E-state index is 13.0. The lowest BCUT2D eigenvalue weighted by atomic mass is 9.42. The molecule has 0 aromatic heterocycles. The largest absolute Gasteiger partial charge is 0.382 e. The van der Waals surface area contributed by atoms with Crippen LogP contribution in [0.2, 0.25) is 0 Å². The van der Waals surface area contributed by atoms with E-state index in [4.69, 9.17) is 0 Å². The van der Waals surface area contributed by atoms with Crippen LogP contribution >= 0.6 is 0 Å². The second-order valence-electron chi connectivity index (χ2n) is 9.58. The fraction of sp³-hybridized carbons (Fsp3) is 0.850. The van der Waals surface area contributed by atoms with Gasteiger partial charge in [0, 0.05) is 12.3 Å². The first-order chi connectivity index (χ1) is 10.1. The van der Waals surface area contributed by atoms with Crippen molar-refractivity contribution >= 4 is 5.78 Å². The quantitative estimate of drug-likeness (QED) is 0.723. The normalized spacial score (nSPS) is 50.9. The van der Waals surface area contributed by atoms with Gasteiger partial charge in [-0.2, -0.15) is 0 Å². The fourth-order valence-electron chi connectivity index (χ4n) is 6.34. The number of hydrogen-bond acceptors (Lipinski definition) is 2. The Morgan fingerprint density at radius 1 is 1.14 bits per heavy atom. The lowest BCUT2D eigenvalue weighted by molar-refractivity contribution is -0.202. The molecule has 3 saturated carbocycles. The number of hydrogen-bond donors (Lipinski definition) is 1. The van der Waals surface area contributed by atoms with E-state index in [-0.39, 0.29) is 27.9 Å². The number of Topliss-reactive ketones (excluding diaryl/α,β-unsaturated/α-hetero) is 1. The number of rotatable bonds is 1. The van der Waals surface area contributed by atoms with Gasteiger partial charge in [-0.05, 0) is 54.3 Å². The van der Waals surface area contributed by atoms with Crippen LogP contribution in [-0.4, -0.2) is 16.5 Å². The summed E-state index contributed by atoms with van der Waals surface area (Å²) in [6.07, 6.45) is 8.65. The predicted molar refractivity (Wildman–Crippen MR) is 89.4 cm³/mol. The molecule has 22 heavy (non-hydrogen) atoms. The van der Waals surface area contributed by atoms with Crippen molar-refractivity contribution in [2.45, 2.75) is 78.2 Å². The number of carbonyl (C=O) groups excluding carboxylic acids is 1. The molecule has 1 N–H and O–H groups in total. The van der Waals surface area contributed by atoms with Crippen molar-refractivity contribution in [3.63, 3.8) is 0 Å².